The van der Waals surface area contributed by atoms with Crippen LogP contribution >= 0.6 is 23.2 Å². The van der Waals surface area contributed by atoms with E-state index < -0.39 is 5.97 Å². The van der Waals surface area contributed by atoms with Crippen molar-refractivity contribution in [3.05, 3.63) is 63.1 Å². The minimum Gasteiger partial charge on any atom is -0.482 e. The lowest BCUT2D eigenvalue weighted by molar-refractivity contribution is -0.147. The second kappa shape index (κ2) is 7.52. The van der Waals surface area contributed by atoms with Crippen LogP contribution in [0.3, 0.4) is 0 Å². The van der Waals surface area contributed by atoms with Gasteiger partial charge in [-0.2, -0.15) is 0 Å². The van der Waals surface area contributed by atoms with Crippen LogP contribution in [0.1, 0.15) is 16.7 Å². The summed E-state index contributed by atoms with van der Waals surface area (Å²) in [6, 6.07) is 10.9. The van der Waals surface area contributed by atoms with E-state index >= 15 is 0 Å². The number of aryl methyl sites for hydroxylation is 2. The van der Waals surface area contributed by atoms with Crippen molar-refractivity contribution >= 4 is 29.2 Å². The molecule has 5 heteroatoms. The Hall–Kier alpha value is -1.71. The molecule has 0 unspecified atom stereocenters. The first kappa shape index (κ1) is 16.7. The maximum absolute atomic E-state index is 11.7. The number of halogens is 2. The summed E-state index contributed by atoms with van der Waals surface area (Å²) < 4.78 is 10.6. The standard InChI is InChI=1S/C17H16Cl2O3/c1-11-3-4-12(2)16(7-11)21-10-17(20)22-9-13-5-6-14(18)15(19)8-13/h3-8H,9-10H2,1-2H3. The Balaban J connectivity index is 1.85. The third-order valence-electron chi connectivity index (χ3n) is 3.07. The minimum atomic E-state index is -0.438. The molecule has 0 amide bonds. The number of carbonyl (C=O) groups is 1. The zero-order valence-electron chi connectivity index (χ0n) is 12.4. The van der Waals surface area contributed by atoms with Crippen LogP contribution in [0.4, 0.5) is 0 Å². The number of hydrogen-bond donors (Lipinski definition) is 0. The van der Waals surface area contributed by atoms with Gasteiger partial charge in [0.2, 0.25) is 0 Å². The Morgan fingerprint density at radius 2 is 1.82 bits per heavy atom. The quantitative estimate of drug-likeness (QED) is 0.739. The first-order valence-electron chi connectivity index (χ1n) is 6.75. The number of ether oxygens (including phenoxy) is 2. The van der Waals surface area contributed by atoms with Crippen LogP contribution in [0.25, 0.3) is 0 Å². The van der Waals surface area contributed by atoms with E-state index in [2.05, 4.69) is 0 Å². The van der Waals surface area contributed by atoms with Crippen LogP contribution in [0, 0.1) is 13.8 Å². The molecule has 116 valence electrons. The van der Waals surface area contributed by atoms with Crippen molar-refractivity contribution < 1.29 is 14.3 Å². The van der Waals surface area contributed by atoms with E-state index in [0.717, 1.165) is 16.7 Å². The minimum absolute atomic E-state index is 0.131. The molecule has 2 aromatic rings. The number of rotatable bonds is 5. The summed E-state index contributed by atoms with van der Waals surface area (Å²) in [7, 11) is 0. The lowest BCUT2D eigenvalue weighted by atomic mass is 10.1. The second-order valence-corrected chi connectivity index (χ2v) is 5.78. The van der Waals surface area contributed by atoms with Crippen molar-refractivity contribution in [1.29, 1.82) is 0 Å². The Labute approximate surface area is 139 Å². The fourth-order valence-corrected chi connectivity index (χ4v) is 2.16. The Morgan fingerprint density at radius 1 is 1.05 bits per heavy atom. The van der Waals surface area contributed by atoms with Gasteiger partial charge in [-0.1, -0.05) is 41.4 Å². The topological polar surface area (TPSA) is 35.5 Å². The molecule has 0 aliphatic rings. The van der Waals surface area contributed by atoms with Gasteiger partial charge in [0.15, 0.2) is 6.61 Å². The van der Waals surface area contributed by atoms with Crippen LogP contribution < -0.4 is 4.74 Å². The molecule has 0 aromatic heterocycles. The van der Waals surface area contributed by atoms with Gasteiger partial charge in [0.05, 0.1) is 10.0 Å². The van der Waals surface area contributed by atoms with Gasteiger partial charge in [-0.05, 0) is 48.7 Å². The predicted octanol–water partition coefficient (Wildman–Crippen LogP) is 4.73. The summed E-state index contributed by atoms with van der Waals surface area (Å²) >= 11 is 11.7. The molecule has 0 radical (unpaired) electrons. The second-order valence-electron chi connectivity index (χ2n) is 4.97. The van der Waals surface area contributed by atoms with Gasteiger partial charge in [-0.25, -0.2) is 4.79 Å². The van der Waals surface area contributed by atoms with E-state index in [9.17, 15) is 4.79 Å². The highest BCUT2D eigenvalue weighted by Gasteiger charge is 2.08. The number of hydrogen-bond acceptors (Lipinski definition) is 3. The average molecular weight is 339 g/mol. The zero-order chi connectivity index (χ0) is 16.1. The van der Waals surface area contributed by atoms with Gasteiger partial charge in [-0.3, -0.25) is 0 Å². The van der Waals surface area contributed by atoms with Crippen molar-refractivity contribution in [1.82, 2.24) is 0 Å². The molecule has 0 N–H and O–H groups in total. The highest BCUT2D eigenvalue weighted by Crippen LogP contribution is 2.23. The lowest BCUT2D eigenvalue weighted by Crippen LogP contribution is -2.15. The van der Waals surface area contributed by atoms with Gasteiger partial charge in [0.25, 0.3) is 0 Å². The molecule has 2 rings (SSSR count). The maximum atomic E-state index is 11.7. The van der Waals surface area contributed by atoms with E-state index in [-0.39, 0.29) is 13.2 Å². The molecular formula is C17H16Cl2O3. The van der Waals surface area contributed by atoms with Crippen molar-refractivity contribution in [3.63, 3.8) is 0 Å². The van der Waals surface area contributed by atoms with E-state index in [0.29, 0.717) is 15.8 Å². The summed E-state index contributed by atoms with van der Waals surface area (Å²) in [5.41, 5.74) is 2.82. The molecule has 0 spiro atoms. The average Bonchev–Trinajstić information content (AvgIpc) is 2.49. The number of carbonyl (C=O) groups excluding carboxylic acids is 1. The van der Waals surface area contributed by atoms with Gasteiger partial charge in [-0.15, -0.1) is 0 Å². The molecule has 0 bridgehead atoms. The third-order valence-corrected chi connectivity index (χ3v) is 3.81. The maximum Gasteiger partial charge on any atom is 0.344 e. The van der Waals surface area contributed by atoms with Crippen LogP contribution in [-0.2, 0) is 16.1 Å². The summed E-state index contributed by atoms with van der Waals surface area (Å²) in [6.07, 6.45) is 0. The summed E-state index contributed by atoms with van der Waals surface area (Å²) in [4.78, 5) is 11.7. The highest BCUT2D eigenvalue weighted by molar-refractivity contribution is 6.42. The smallest absolute Gasteiger partial charge is 0.344 e. The monoisotopic (exact) mass is 338 g/mol. The normalized spacial score (nSPS) is 10.4. The molecular weight excluding hydrogens is 323 g/mol. The Bertz CT molecular complexity index is 684. The number of benzene rings is 2. The summed E-state index contributed by atoms with van der Waals surface area (Å²) in [5.74, 6) is 0.249. The van der Waals surface area contributed by atoms with E-state index in [4.69, 9.17) is 32.7 Å². The highest BCUT2D eigenvalue weighted by atomic mass is 35.5. The van der Waals surface area contributed by atoms with Gasteiger partial charge in [0.1, 0.15) is 12.4 Å². The molecule has 0 heterocycles. The summed E-state index contributed by atoms with van der Waals surface area (Å²) in [5, 5.41) is 0.900. The molecule has 0 aliphatic heterocycles. The molecule has 0 atom stereocenters. The first-order valence-corrected chi connectivity index (χ1v) is 7.51. The van der Waals surface area contributed by atoms with Gasteiger partial charge in [0, 0.05) is 0 Å². The first-order chi connectivity index (χ1) is 10.5. The molecule has 0 fully saturated rings. The van der Waals surface area contributed by atoms with Crippen LogP contribution in [0.5, 0.6) is 5.75 Å². The molecule has 0 saturated carbocycles. The van der Waals surface area contributed by atoms with Crippen molar-refractivity contribution in [3.8, 4) is 5.75 Å². The molecule has 22 heavy (non-hydrogen) atoms. The van der Waals surface area contributed by atoms with E-state index in [1.807, 2.05) is 32.0 Å². The van der Waals surface area contributed by atoms with Crippen LogP contribution in [0.15, 0.2) is 36.4 Å². The lowest BCUT2D eigenvalue weighted by Gasteiger charge is -2.10. The SMILES string of the molecule is Cc1ccc(C)c(OCC(=O)OCc2ccc(Cl)c(Cl)c2)c1. The fraction of sp³-hybridized carbons (Fsp3) is 0.235. The van der Waals surface area contributed by atoms with Crippen molar-refractivity contribution in [2.75, 3.05) is 6.61 Å². The third kappa shape index (κ3) is 4.65. The Kier molecular flexibility index (Phi) is 5.69. The van der Waals surface area contributed by atoms with Crippen LogP contribution in [0.2, 0.25) is 10.0 Å². The van der Waals surface area contributed by atoms with E-state index in [1.165, 1.54) is 0 Å². The van der Waals surface area contributed by atoms with Gasteiger partial charge < -0.3 is 9.47 Å². The largest absolute Gasteiger partial charge is 0.482 e. The van der Waals surface area contributed by atoms with Crippen molar-refractivity contribution in [2.24, 2.45) is 0 Å². The van der Waals surface area contributed by atoms with Crippen LogP contribution in [-0.4, -0.2) is 12.6 Å². The molecule has 0 saturated heterocycles. The zero-order valence-corrected chi connectivity index (χ0v) is 13.9. The molecule has 3 nitrogen and oxygen atoms in total. The predicted molar refractivity (Wildman–Crippen MR) is 87.7 cm³/mol. The Morgan fingerprint density at radius 3 is 2.55 bits per heavy atom. The fourth-order valence-electron chi connectivity index (χ4n) is 1.83. The molecule has 0 aliphatic carbocycles. The molecule has 2 aromatic carbocycles. The number of esters is 1. The van der Waals surface area contributed by atoms with Gasteiger partial charge >= 0.3 is 5.97 Å². The summed E-state index contributed by atoms with van der Waals surface area (Å²) in [6.45, 7) is 3.89. The van der Waals surface area contributed by atoms with Crippen molar-refractivity contribution in [2.45, 2.75) is 20.5 Å². The van der Waals surface area contributed by atoms with E-state index in [1.54, 1.807) is 18.2 Å².